The number of rotatable bonds is 2. The van der Waals surface area contributed by atoms with Crippen molar-refractivity contribution in [3.63, 3.8) is 0 Å². The Morgan fingerprint density at radius 3 is 1.88 bits per heavy atom. The molecule has 8 heavy (non-hydrogen) atoms. The van der Waals surface area contributed by atoms with E-state index in [0.717, 1.165) is 5.75 Å². The van der Waals surface area contributed by atoms with Crippen LogP contribution < -0.4 is 0 Å². The van der Waals surface area contributed by atoms with Gasteiger partial charge in [-0.05, 0) is 18.3 Å². The van der Waals surface area contributed by atoms with Crippen LogP contribution in [0.4, 0.5) is 0 Å². The van der Waals surface area contributed by atoms with Gasteiger partial charge < -0.3 is 0 Å². The highest BCUT2D eigenvalue weighted by atomic mass is 32.1. The van der Waals surface area contributed by atoms with Crippen molar-refractivity contribution < 1.29 is 0 Å². The Morgan fingerprint density at radius 1 is 1.25 bits per heavy atom. The van der Waals surface area contributed by atoms with Gasteiger partial charge in [0.1, 0.15) is 0 Å². The van der Waals surface area contributed by atoms with Gasteiger partial charge in [-0.15, -0.1) is 0 Å². The van der Waals surface area contributed by atoms with Gasteiger partial charge in [-0.25, -0.2) is 0 Å². The summed E-state index contributed by atoms with van der Waals surface area (Å²) in [5.41, 5.74) is 0.485. The van der Waals surface area contributed by atoms with Crippen LogP contribution in [0.2, 0.25) is 0 Å². The normalized spacial score (nSPS) is 12.0. The first-order valence-corrected chi connectivity index (χ1v) is 3.72. The Kier molecular flexibility index (Phi) is 3.54. The summed E-state index contributed by atoms with van der Waals surface area (Å²) in [5, 5.41) is 0. The zero-order valence-electron chi connectivity index (χ0n) is 6.03. The van der Waals surface area contributed by atoms with Crippen molar-refractivity contribution >= 4 is 12.6 Å². The summed E-state index contributed by atoms with van der Waals surface area (Å²) in [7, 11) is 0. The summed E-state index contributed by atoms with van der Waals surface area (Å²) < 4.78 is 0. The fraction of sp³-hybridized carbons (Fsp3) is 1.00. The van der Waals surface area contributed by atoms with Crippen LogP contribution in [0.15, 0.2) is 0 Å². The molecule has 1 heteroatoms. The van der Waals surface area contributed by atoms with E-state index >= 15 is 0 Å². The molecule has 0 bridgehead atoms. The molecule has 0 spiro atoms. The van der Waals surface area contributed by atoms with Gasteiger partial charge in [0, 0.05) is 5.75 Å². The van der Waals surface area contributed by atoms with Crippen molar-refractivity contribution in [2.45, 2.75) is 33.6 Å². The van der Waals surface area contributed by atoms with Gasteiger partial charge in [-0.3, -0.25) is 0 Å². The molecular weight excluding hydrogens is 116 g/mol. The summed E-state index contributed by atoms with van der Waals surface area (Å²) in [6.45, 7) is 6.74. The summed E-state index contributed by atoms with van der Waals surface area (Å²) in [6, 6.07) is 0. The molecule has 0 saturated carbocycles. The van der Waals surface area contributed by atoms with Crippen molar-refractivity contribution in [2.75, 3.05) is 5.75 Å². The lowest BCUT2D eigenvalue weighted by Gasteiger charge is -2.16. The van der Waals surface area contributed by atoms with E-state index in [9.17, 15) is 0 Å². The fourth-order valence-corrected chi connectivity index (χ4v) is 0.747. The number of hydrogen-bond acceptors (Lipinski definition) is 0. The van der Waals surface area contributed by atoms with Crippen molar-refractivity contribution in [3.8, 4) is 0 Å². The lowest BCUT2D eigenvalue weighted by molar-refractivity contribution is 0.375. The van der Waals surface area contributed by atoms with E-state index in [1.807, 2.05) is 0 Å². The molecule has 0 amide bonds. The third-order valence-corrected chi connectivity index (χ3v) is 1.36. The van der Waals surface area contributed by atoms with Crippen LogP contribution in [0, 0.1) is 5.41 Å². The standard InChI is InChI=1S/C7H15S/c1-7(2,3)5-4-6-8/h4-6H2,1-3H3. The van der Waals surface area contributed by atoms with Crippen molar-refractivity contribution in [1.82, 2.24) is 0 Å². The molecule has 0 aliphatic carbocycles. The maximum Gasteiger partial charge on any atom is 0.00371 e. The highest BCUT2D eigenvalue weighted by molar-refractivity contribution is 7.80. The minimum atomic E-state index is 0.485. The van der Waals surface area contributed by atoms with Crippen LogP contribution in [-0.2, 0) is 0 Å². The molecule has 1 radical (unpaired) electrons. The van der Waals surface area contributed by atoms with Crippen LogP contribution in [0.1, 0.15) is 33.6 Å². The van der Waals surface area contributed by atoms with E-state index < -0.39 is 0 Å². The van der Waals surface area contributed by atoms with Crippen LogP contribution in [0.25, 0.3) is 0 Å². The summed E-state index contributed by atoms with van der Waals surface area (Å²) >= 11 is 4.82. The van der Waals surface area contributed by atoms with Crippen molar-refractivity contribution in [2.24, 2.45) is 5.41 Å². The van der Waals surface area contributed by atoms with E-state index in [1.165, 1.54) is 12.8 Å². The van der Waals surface area contributed by atoms with E-state index in [0.29, 0.717) is 5.41 Å². The Morgan fingerprint density at radius 2 is 1.75 bits per heavy atom. The highest BCUT2D eigenvalue weighted by Gasteiger charge is 2.07. The fourth-order valence-electron chi connectivity index (χ4n) is 0.602. The predicted molar refractivity (Wildman–Crippen MR) is 41.1 cm³/mol. The topological polar surface area (TPSA) is 0 Å². The van der Waals surface area contributed by atoms with Gasteiger partial charge in [-0.1, -0.05) is 33.4 Å². The maximum atomic E-state index is 4.82. The Labute approximate surface area is 58.1 Å². The van der Waals surface area contributed by atoms with Gasteiger partial charge in [0.25, 0.3) is 0 Å². The molecular formula is C7H15S. The van der Waals surface area contributed by atoms with Crippen LogP contribution in [0.3, 0.4) is 0 Å². The van der Waals surface area contributed by atoms with E-state index in [2.05, 4.69) is 20.8 Å². The Balaban J connectivity index is 3.11. The molecule has 0 fully saturated rings. The van der Waals surface area contributed by atoms with Gasteiger partial charge >= 0.3 is 0 Å². The molecule has 0 aliphatic heterocycles. The van der Waals surface area contributed by atoms with E-state index in [4.69, 9.17) is 12.6 Å². The monoisotopic (exact) mass is 131 g/mol. The van der Waals surface area contributed by atoms with Gasteiger partial charge in [0.05, 0.1) is 0 Å². The average Bonchev–Trinajstić information content (AvgIpc) is 1.59. The van der Waals surface area contributed by atoms with Crippen molar-refractivity contribution in [3.05, 3.63) is 0 Å². The SMILES string of the molecule is CC(C)(C)CCC[S]. The quantitative estimate of drug-likeness (QED) is 0.540. The number of hydrogen-bond donors (Lipinski definition) is 0. The molecule has 0 atom stereocenters. The van der Waals surface area contributed by atoms with Gasteiger partial charge in [0.15, 0.2) is 0 Å². The molecule has 0 rings (SSSR count). The largest absolute Gasteiger partial charge is 0.0942 e. The molecule has 0 unspecified atom stereocenters. The minimum absolute atomic E-state index is 0.485. The summed E-state index contributed by atoms with van der Waals surface area (Å²) in [5.74, 6) is 0.914. The molecule has 0 aromatic rings. The molecule has 0 nitrogen and oxygen atoms in total. The van der Waals surface area contributed by atoms with E-state index in [-0.39, 0.29) is 0 Å². The molecule has 0 aromatic heterocycles. The third kappa shape index (κ3) is 6.35. The maximum absolute atomic E-state index is 4.82. The first-order valence-electron chi connectivity index (χ1n) is 3.14. The summed E-state index contributed by atoms with van der Waals surface area (Å²) in [4.78, 5) is 0. The zero-order chi connectivity index (χ0) is 6.62. The molecule has 0 heterocycles. The van der Waals surface area contributed by atoms with Crippen LogP contribution in [-0.4, -0.2) is 5.75 Å². The van der Waals surface area contributed by atoms with Crippen molar-refractivity contribution in [1.29, 1.82) is 0 Å². The summed E-state index contributed by atoms with van der Waals surface area (Å²) in [6.07, 6.45) is 2.45. The predicted octanol–water partition coefficient (Wildman–Crippen LogP) is 3.01. The lowest BCUT2D eigenvalue weighted by atomic mass is 9.91. The second kappa shape index (κ2) is 3.39. The molecule has 0 saturated heterocycles. The first kappa shape index (κ1) is 8.35. The Bertz CT molecular complexity index is 51.9. The Hall–Kier alpha value is 0.350. The van der Waals surface area contributed by atoms with Crippen LogP contribution >= 0.6 is 12.6 Å². The third-order valence-electron chi connectivity index (χ3n) is 1.07. The van der Waals surface area contributed by atoms with Gasteiger partial charge in [0.2, 0.25) is 0 Å². The first-order chi connectivity index (χ1) is 3.56. The smallest absolute Gasteiger partial charge is 0.00371 e. The molecule has 49 valence electrons. The van der Waals surface area contributed by atoms with E-state index in [1.54, 1.807) is 0 Å². The molecule has 0 aliphatic rings. The lowest BCUT2D eigenvalue weighted by Crippen LogP contribution is -2.04. The minimum Gasteiger partial charge on any atom is -0.0942 e. The second-order valence-corrected chi connectivity index (χ2v) is 3.78. The molecule has 0 N–H and O–H groups in total. The second-order valence-electron chi connectivity index (χ2n) is 3.37. The molecule has 0 aromatic carbocycles. The average molecular weight is 131 g/mol. The van der Waals surface area contributed by atoms with Gasteiger partial charge in [-0.2, -0.15) is 0 Å². The zero-order valence-corrected chi connectivity index (χ0v) is 6.85. The van der Waals surface area contributed by atoms with Crippen LogP contribution in [0.5, 0.6) is 0 Å². The highest BCUT2D eigenvalue weighted by Crippen LogP contribution is 2.20.